The zero-order valence-electron chi connectivity index (χ0n) is 11.7. The molecule has 106 valence electrons. The summed E-state index contributed by atoms with van der Waals surface area (Å²) in [6.45, 7) is 0. The lowest BCUT2D eigenvalue weighted by Gasteiger charge is -1.98. The van der Waals surface area contributed by atoms with Gasteiger partial charge in [-0.1, -0.05) is 30.3 Å². The van der Waals surface area contributed by atoms with Crippen molar-refractivity contribution in [3.8, 4) is 5.75 Å². The third kappa shape index (κ3) is 4.95. The van der Waals surface area contributed by atoms with Gasteiger partial charge in [-0.15, -0.1) is 0 Å². The van der Waals surface area contributed by atoms with E-state index >= 15 is 0 Å². The molecule has 0 fully saturated rings. The number of methoxy groups -OCH3 is 1. The maximum atomic E-state index is 11.6. The minimum absolute atomic E-state index is 0.274. The maximum Gasteiger partial charge on any atom is 0.264 e. The molecular formula is C17H16N2O2. The van der Waals surface area contributed by atoms with E-state index in [1.807, 2.05) is 54.6 Å². The van der Waals surface area contributed by atoms with Gasteiger partial charge in [-0.3, -0.25) is 4.79 Å². The third-order valence-electron chi connectivity index (χ3n) is 2.73. The standard InChI is InChI=1S/C17H16N2O2/c1-21-16-10-7-15(8-11-16)13-18-19-17(20)12-9-14-5-3-2-4-6-14/h2-13H,1H3,(H,19,20). The Balaban J connectivity index is 1.85. The summed E-state index contributed by atoms with van der Waals surface area (Å²) in [4.78, 5) is 11.6. The van der Waals surface area contributed by atoms with Crippen molar-refractivity contribution in [3.05, 3.63) is 71.8 Å². The van der Waals surface area contributed by atoms with Gasteiger partial charge in [-0.2, -0.15) is 5.10 Å². The Labute approximate surface area is 123 Å². The minimum Gasteiger partial charge on any atom is -0.497 e. The second-order valence-corrected chi connectivity index (χ2v) is 4.25. The molecule has 0 saturated heterocycles. The summed E-state index contributed by atoms with van der Waals surface area (Å²) in [7, 11) is 1.61. The maximum absolute atomic E-state index is 11.6. The summed E-state index contributed by atoms with van der Waals surface area (Å²) >= 11 is 0. The fourth-order valence-electron chi connectivity index (χ4n) is 1.63. The first-order valence-corrected chi connectivity index (χ1v) is 6.48. The van der Waals surface area contributed by atoms with Crippen molar-refractivity contribution in [2.45, 2.75) is 0 Å². The van der Waals surface area contributed by atoms with Gasteiger partial charge in [0, 0.05) is 6.08 Å². The molecule has 0 spiro atoms. The van der Waals surface area contributed by atoms with Crippen molar-refractivity contribution < 1.29 is 9.53 Å². The predicted molar refractivity (Wildman–Crippen MR) is 84.2 cm³/mol. The lowest BCUT2D eigenvalue weighted by molar-refractivity contribution is -0.116. The summed E-state index contributed by atoms with van der Waals surface area (Å²) in [5, 5.41) is 3.89. The monoisotopic (exact) mass is 280 g/mol. The Morgan fingerprint density at radius 1 is 1.05 bits per heavy atom. The highest BCUT2D eigenvalue weighted by Crippen LogP contribution is 2.09. The minimum atomic E-state index is -0.274. The molecule has 0 saturated carbocycles. The average molecular weight is 280 g/mol. The van der Waals surface area contributed by atoms with E-state index in [-0.39, 0.29) is 5.91 Å². The van der Waals surface area contributed by atoms with Crippen molar-refractivity contribution >= 4 is 18.2 Å². The summed E-state index contributed by atoms with van der Waals surface area (Å²) in [6.07, 6.45) is 4.76. The number of ether oxygens (including phenoxy) is 1. The van der Waals surface area contributed by atoms with Gasteiger partial charge in [0.05, 0.1) is 13.3 Å². The Kier molecular flexibility index (Phi) is 5.29. The molecule has 2 aromatic rings. The molecular weight excluding hydrogens is 264 g/mol. The van der Waals surface area contributed by atoms with Crippen LogP contribution in [0.1, 0.15) is 11.1 Å². The van der Waals surface area contributed by atoms with Crippen LogP contribution in [0.15, 0.2) is 65.8 Å². The Morgan fingerprint density at radius 3 is 2.43 bits per heavy atom. The highest BCUT2D eigenvalue weighted by atomic mass is 16.5. The first kappa shape index (κ1) is 14.5. The molecule has 4 nitrogen and oxygen atoms in total. The molecule has 1 amide bonds. The van der Waals surface area contributed by atoms with Crippen molar-refractivity contribution in [2.75, 3.05) is 7.11 Å². The lowest BCUT2D eigenvalue weighted by atomic mass is 10.2. The van der Waals surface area contributed by atoms with Crippen LogP contribution in [0.5, 0.6) is 5.75 Å². The number of amides is 1. The molecule has 2 rings (SSSR count). The molecule has 0 aromatic heterocycles. The first-order chi connectivity index (χ1) is 10.3. The largest absolute Gasteiger partial charge is 0.497 e. The quantitative estimate of drug-likeness (QED) is 0.520. The van der Waals surface area contributed by atoms with Crippen LogP contribution in [0.4, 0.5) is 0 Å². The SMILES string of the molecule is COc1ccc(C=NNC(=O)C=Cc2ccccc2)cc1. The van der Waals surface area contributed by atoms with Crippen LogP contribution in [-0.2, 0) is 4.79 Å². The topological polar surface area (TPSA) is 50.7 Å². The van der Waals surface area contributed by atoms with Crippen LogP contribution in [0.2, 0.25) is 0 Å². The number of carbonyl (C=O) groups is 1. The summed E-state index contributed by atoms with van der Waals surface area (Å²) in [6, 6.07) is 17.0. The fraction of sp³-hybridized carbons (Fsp3) is 0.0588. The molecule has 0 aliphatic heterocycles. The van der Waals surface area contributed by atoms with E-state index in [1.165, 1.54) is 6.08 Å². The normalized spacial score (nSPS) is 10.9. The second-order valence-electron chi connectivity index (χ2n) is 4.25. The summed E-state index contributed by atoms with van der Waals surface area (Å²) in [5.41, 5.74) is 4.28. The van der Waals surface area contributed by atoms with Gasteiger partial charge in [0.15, 0.2) is 0 Å². The molecule has 0 radical (unpaired) electrons. The highest BCUT2D eigenvalue weighted by molar-refractivity contribution is 5.92. The van der Waals surface area contributed by atoms with Gasteiger partial charge in [0.25, 0.3) is 5.91 Å². The number of benzene rings is 2. The van der Waals surface area contributed by atoms with Crippen LogP contribution in [0.3, 0.4) is 0 Å². The van der Waals surface area contributed by atoms with Gasteiger partial charge < -0.3 is 4.74 Å². The van der Waals surface area contributed by atoms with Gasteiger partial charge in [0.2, 0.25) is 0 Å². The number of nitrogens with one attached hydrogen (secondary N) is 1. The molecule has 0 bridgehead atoms. The van der Waals surface area contributed by atoms with E-state index in [0.717, 1.165) is 16.9 Å². The lowest BCUT2D eigenvalue weighted by Crippen LogP contribution is -2.14. The van der Waals surface area contributed by atoms with Gasteiger partial charge in [0.1, 0.15) is 5.75 Å². The molecule has 21 heavy (non-hydrogen) atoms. The van der Waals surface area contributed by atoms with Crippen molar-refractivity contribution in [3.63, 3.8) is 0 Å². The van der Waals surface area contributed by atoms with Crippen LogP contribution in [0.25, 0.3) is 6.08 Å². The first-order valence-electron chi connectivity index (χ1n) is 6.48. The van der Waals surface area contributed by atoms with Crippen molar-refractivity contribution in [2.24, 2.45) is 5.10 Å². The number of hydrogen-bond acceptors (Lipinski definition) is 3. The Bertz CT molecular complexity index is 632. The summed E-state index contributed by atoms with van der Waals surface area (Å²) < 4.78 is 5.06. The van der Waals surface area contributed by atoms with Gasteiger partial charge in [-0.05, 0) is 41.5 Å². The number of rotatable bonds is 5. The highest BCUT2D eigenvalue weighted by Gasteiger charge is 1.93. The number of hydrazone groups is 1. The average Bonchev–Trinajstić information content (AvgIpc) is 2.54. The Morgan fingerprint density at radius 2 is 1.76 bits per heavy atom. The zero-order chi connectivity index (χ0) is 14.9. The molecule has 2 aromatic carbocycles. The number of carbonyl (C=O) groups excluding carboxylic acids is 1. The molecule has 0 aliphatic carbocycles. The zero-order valence-corrected chi connectivity index (χ0v) is 11.7. The predicted octanol–water partition coefficient (Wildman–Crippen LogP) is 2.86. The van der Waals surface area contributed by atoms with E-state index in [0.29, 0.717) is 0 Å². The van der Waals surface area contributed by atoms with Crippen LogP contribution in [-0.4, -0.2) is 19.2 Å². The van der Waals surface area contributed by atoms with Crippen molar-refractivity contribution in [1.29, 1.82) is 0 Å². The van der Waals surface area contributed by atoms with Crippen LogP contribution >= 0.6 is 0 Å². The van der Waals surface area contributed by atoms with E-state index in [9.17, 15) is 4.79 Å². The number of nitrogens with zero attached hydrogens (tertiary/aromatic N) is 1. The molecule has 0 atom stereocenters. The van der Waals surface area contributed by atoms with E-state index < -0.39 is 0 Å². The Hall–Kier alpha value is -2.88. The third-order valence-corrected chi connectivity index (χ3v) is 2.73. The van der Waals surface area contributed by atoms with Crippen molar-refractivity contribution in [1.82, 2.24) is 5.43 Å². The van der Waals surface area contributed by atoms with E-state index in [2.05, 4.69) is 10.5 Å². The molecule has 0 heterocycles. The molecule has 0 unspecified atom stereocenters. The van der Waals surface area contributed by atoms with E-state index in [1.54, 1.807) is 19.4 Å². The fourth-order valence-corrected chi connectivity index (χ4v) is 1.63. The molecule has 0 aliphatic rings. The van der Waals surface area contributed by atoms with E-state index in [4.69, 9.17) is 4.74 Å². The molecule has 4 heteroatoms. The second kappa shape index (κ2) is 7.65. The summed E-state index contributed by atoms with van der Waals surface area (Å²) in [5.74, 6) is 0.505. The smallest absolute Gasteiger partial charge is 0.264 e. The molecule has 1 N–H and O–H groups in total. The van der Waals surface area contributed by atoms with Crippen LogP contribution < -0.4 is 10.2 Å². The van der Waals surface area contributed by atoms with Gasteiger partial charge >= 0.3 is 0 Å². The van der Waals surface area contributed by atoms with Crippen LogP contribution in [0, 0.1) is 0 Å². The van der Waals surface area contributed by atoms with Gasteiger partial charge in [-0.25, -0.2) is 5.43 Å². The number of hydrogen-bond donors (Lipinski definition) is 1.